The maximum Gasteiger partial charge on any atom is 0.410 e. The van der Waals surface area contributed by atoms with E-state index >= 15 is 0 Å². The molecule has 1 N–H and O–H groups in total. The van der Waals surface area contributed by atoms with E-state index < -0.39 is 11.7 Å². The van der Waals surface area contributed by atoms with Gasteiger partial charge >= 0.3 is 6.09 Å². The van der Waals surface area contributed by atoms with Gasteiger partial charge in [0.05, 0.1) is 0 Å². The Morgan fingerprint density at radius 2 is 1.76 bits per heavy atom. The SMILES string of the molecule is CN(CC(=O)NCC1(c2ccccc2)CCCC1)C(=O)OC(C)(C)C. The Bertz CT molecular complexity index is 587. The largest absolute Gasteiger partial charge is 0.444 e. The third-order valence-electron chi connectivity index (χ3n) is 4.66. The molecule has 1 aliphatic carbocycles. The molecule has 1 aromatic carbocycles. The molecule has 1 saturated carbocycles. The zero-order chi connectivity index (χ0) is 18.5. The Balaban J connectivity index is 1.91. The van der Waals surface area contributed by atoms with Crippen molar-refractivity contribution in [3.05, 3.63) is 35.9 Å². The van der Waals surface area contributed by atoms with Crippen molar-refractivity contribution >= 4 is 12.0 Å². The van der Waals surface area contributed by atoms with Gasteiger partial charge in [-0.3, -0.25) is 4.79 Å². The van der Waals surface area contributed by atoms with E-state index in [1.54, 1.807) is 7.05 Å². The molecule has 1 aliphatic rings. The van der Waals surface area contributed by atoms with E-state index in [1.807, 2.05) is 39.0 Å². The number of carbonyl (C=O) groups is 2. The standard InChI is InChI=1S/C20H30N2O3/c1-19(2,3)25-18(24)22(4)14-17(23)21-15-20(12-8-9-13-20)16-10-6-5-7-11-16/h5-7,10-11H,8-9,12-15H2,1-4H3,(H,21,23). The Morgan fingerprint density at radius 3 is 2.32 bits per heavy atom. The number of carbonyl (C=O) groups excluding carboxylic acids is 2. The van der Waals surface area contributed by atoms with Gasteiger partial charge in [-0.2, -0.15) is 0 Å². The minimum Gasteiger partial charge on any atom is -0.444 e. The third-order valence-corrected chi connectivity index (χ3v) is 4.66. The summed E-state index contributed by atoms with van der Waals surface area (Å²) in [5.41, 5.74) is 0.734. The first-order valence-corrected chi connectivity index (χ1v) is 8.98. The van der Waals surface area contributed by atoms with Gasteiger partial charge in [0.1, 0.15) is 12.1 Å². The summed E-state index contributed by atoms with van der Waals surface area (Å²) in [6, 6.07) is 10.4. The van der Waals surface area contributed by atoms with Gasteiger partial charge in [0.15, 0.2) is 0 Å². The quantitative estimate of drug-likeness (QED) is 0.888. The van der Waals surface area contributed by atoms with Crippen molar-refractivity contribution in [2.24, 2.45) is 0 Å². The van der Waals surface area contributed by atoms with E-state index in [-0.39, 0.29) is 17.9 Å². The second-order valence-electron chi connectivity index (χ2n) is 7.97. The highest BCUT2D eigenvalue weighted by Gasteiger charge is 2.35. The Morgan fingerprint density at radius 1 is 1.16 bits per heavy atom. The molecule has 0 heterocycles. The molecular formula is C20H30N2O3. The van der Waals surface area contributed by atoms with E-state index in [2.05, 4.69) is 17.4 Å². The summed E-state index contributed by atoms with van der Waals surface area (Å²) in [6.07, 6.45) is 4.05. The molecule has 25 heavy (non-hydrogen) atoms. The fourth-order valence-corrected chi connectivity index (χ4v) is 3.35. The lowest BCUT2D eigenvalue weighted by atomic mass is 9.79. The maximum absolute atomic E-state index is 12.3. The first-order valence-electron chi connectivity index (χ1n) is 8.98. The first-order chi connectivity index (χ1) is 11.7. The number of amides is 2. The summed E-state index contributed by atoms with van der Waals surface area (Å²) in [5, 5.41) is 3.02. The lowest BCUT2D eigenvalue weighted by Gasteiger charge is -2.30. The predicted molar refractivity (Wildman–Crippen MR) is 98.5 cm³/mol. The lowest BCUT2D eigenvalue weighted by Crippen LogP contribution is -2.45. The summed E-state index contributed by atoms with van der Waals surface area (Å²) in [7, 11) is 1.58. The van der Waals surface area contributed by atoms with E-state index in [1.165, 1.54) is 23.3 Å². The minimum atomic E-state index is -0.566. The molecule has 5 heteroatoms. The van der Waals surface area contributed by atoms with E-state index in [4.69, 9.17) is 4.74 Å². The smallest absolute Gasteiger partial charge is 0.410 e. The first kappa shape index (κ1) is 19.3. The second kappa shape index (κ2) is 7.89. The Labute approximate surface area is 150 Å². The van der Waals surface area contributed by atoms with Crippen LogP contribution in [0.1, 0.15) is 52.0 Å². The van der Waals surface area contributed by atoms with Crippen molar-refractivity contribution in [1.29, 1.82) is 0 Å². The van der Waals surface area contributed by atoms with Crippen molar-refractivity contribution in [2.45, 2.75) is 57.5 Å². The van der Waals surface area contributed by atoms with Crippen LogP contribution in [0, 0.1) is 0 Å². The monoisotopic (exact) mass is 346 g/mol. The maximum atomic E-state index is 12.3. The van der Waals surface area contributed by atoms with Crippen molar-refractivity contribution < 1.29 is 14.3 Å². The van der Waals surface area contributed by atoms with E-state index in [9.17, 15) is 9.59 Å². The van der Waals surface area contributed by atoms with Crippen LogP contribution < -0.4 is 5.32 Å². The Hall–Kier alpha value is -2.04. The molecular weight excluding hydrogens is 316 g/mol. The molecule has 0 unspecified atom stereocenters. The average molecular weight is 346 g/mol. The fraction of sp³-hybridized carbons (Fsp3) is 0.600. The van der Waals surface area contributed by atoms with Gasteiger partial charge in [0, 0.05) is 19.0 Å². The highest BCUT2D eigenvalue weighted by atomic mass is 16.6. The van der Waals surface area contributed by atoms with Crippen LogP contribution in [-0.2, 0) is 14.9 Å². The van der Waals surface area contributed by atoms with Crippen molar-refractivity contribution in [2.75, 3.05) is 20.1 Å². The molecule has 0 spiro atoms. The van der Waals surface area contributed by atoms with Gasteiger partial charge in [-0.15, -0.1) is 0 Å². The molecule has 138 valence electrons. The van der Waals surface area contributed by atoms with Gasteiger partial charge < -0.3 is 15.0 Å². The molecule has 0 atom stereocenters. The molecule has 0 bridgehead atoms. The topological polar surface area (TPSA) is 58.6 Å². The van der Waals surface area contributed by atoms with Gasteiger partial charge in [-0.1, -0.05) is 43.2 Å². The van der Waals surface area contributed by atoms with Crippen LogP contribution in [0.25, 0.3) is 0 Å². The summed E-state index contributed by atoms with van der Waals surface area (Å²) >= 11 is 0. The van der Waals surface area contributed by atoms with Crippen LogP contribution in [0.15, 0.2) is 30.3 Å². The lowest BCUT2D eigenvalue weighted by molar-refractivity contribution is -0.122. The summed E-state index contributed by atoms with van der Waals surface area (Å²) in [6.45, 7) is 6.03. The van der Waals surface area contributed by atoms with Gasteiger partial charge in [0.25, 0.3) is 0 Å². The van der Waals surface area contributed by atoms with Crippen molar-refractivity contribution in [3.8, 4) is 0 Å². The van der Waals surface area contributed by atoms with Crippen molar-refractivity contribution in [3.63, 3.8) is 0 Å². The highest BCUT2D eigenvalue weighted by Crippen LogP contribution is 2.40. The molecule has 0 aliphatic heterocycles. The molecule has 2 amide bonds. The Kier molecular flexibility index (Phi) is 6.09. The van der Waals surface area contributed by atoms with Crippen LogP contribution >= 0.6 is 0 Å². The molecule has 5 nitrogen and oxygen atoms in total. The zero-order valence-corrected chi connectivity index (χ0v) is 15.8. The van der Waals surface area contributed by atoms with E-state index in [0.29, 0.717) is 6.54 Å². The molecule has 0 aromatic heterocycles. The van der Waals surface area contributed by atoms with Gasteiger partial charge in [0.2, 0.25) is 5.91 Å². The number of rotatable bonds is 5. The van der Waals surface area contributed by atoms with Crippen LogP contribution in [0.4, 0.5) is 4.79 Å². The number of hydrogen-bond donors (Lipinski definition) is 1. The molecule has 2 rings (SSSR count). The van der Waals surface area contributed by atoms with Crippen molar-refractivity contribution in [1.82, 2.24) is 10.2 Å². The molecule has 0 saturated heterocycles. The minimum absolute atomic E-state index is 0.000215. The number of nitrogens with one attached hydrogen (secondary N) is 1. The third kappa shape index (κ3) is 5.48. The highest BCUT2D eigenvalue weighted by molar-refractivity contribution is 5.82. The molecule has 0 radical (unpaired) electrons. The normalized spacial score (nSPS) is 16.3. The number of ether oxygens (including phenoxy) is 1. The zero-order valence-electron chi connectivity index (χ0n) is 15.8. The predicted octanol–water partition coefficient (Wildman–Crippen LogP) is 3.48. The van der Waals surface area contributed by atoms with E-state index in [0.717, 1.165) is 12.8 Å². The number of benzene rings is 1. The average Bonchev–Trinajstić information content (AvgIpc) is 3.02. The van der Waals surface area contributed by atoms with Crippen LogP contribution in [0.3, 0.4) is 0 Å². The van der Waals surface area contributed by atoms with Gasteiger partial charge in [-0.25, -0.2) is 4.79 Å². The number of nitrogens with zero attached hydrogens (tertiary/aromatic N) is 1. The van der Waals surface area contributed by atoms with Crippen LogP contribution in [-0.4, -0.2) is 42.6 Å². The number of likely N-dealkylation sites (N-methyl/N-ethyl adjacent to an activating group) is 1. The van der Waals surface area contributed by atoms with Gasteiger partial charge in [-0.05, 0) is 39.2 Å². The second-order valence-corrected chi connectivity index (χ2v) is 7.97. The van der Waals surface area contributed by atoms with Crippen LogP contribution in [0.5, 0.6) is 0 Å². The summed E-state index contributed by atoms with van der Waals surface area (Å²) < 4.78 is 5.27. The molecule has 1 aromatic rings. The number of hydrogen-bond acceptors (Lipinski definition) is 3. The summed E-state index contributed by atoms with van der Waals surface area (Å²) in [5.74, 6) is -0.157. The summed E-state index contributed by atoms with van der Waals surface area (Å²) in [4.78, 5) is 25.6. The van der Waals surface area contributed by atoms with Crippen LogP contribution in [0.2, 0.25) is 0 Å². The molecule has 1 fully saturated rings. The fourth-order valence-electron chi connectivity index (χ4n) is 3.35.